The molecule has 0 fully saturated rings. The average molecular weight is 341 g/mol. The van der Waals surface area contributed by atoms with Crippen LogP contribution in [0.2, 0.25) is 0 Å². The fourth-order valence-electron chi connectivity index (χ4n) is 2.01. The summed E-state index contributed by atoms with van der Waals surface area (Å²) >= 11 is 0. The number of nitrogens with two attached hydrogens (primary N) is 1. The van der Waals surface area contributed by atoms with Crippen molar-refractivity contribution in [3.8, 4) is 0 Å². The van der Waals surface area contributed by atoms with Gasteiger partial charge in [0, 0.05) is 16.8 Å². The van der Waals surface area contributed by atoms with Gasteiger partial charge in [0.2, 0.25) is 11.8 Å². The van der Waals surface area contributed by atoms with Crippen LogP contribution in [-0.2, 0) is 4.79 Å². The van der Waals surface area contributed by atoms with Gasteiger partial charge in [0.25, 0.3) is 5.91 Å². The first-order valence-corrected chi connectivity index (χ1v) is 7.18. The molecule has 3 amide bonds. The maximum atomic E-state index is 12.0. The molecular weight excluding hydrogens is 326 g/mol. The minimum atomic E-state index is -1.15. The van der Waals surface area contributed by atoms with Gasteiger partial charge in [0.1, 0.15) is 0 Å². The molecule has 8 heteroatoms. The lowest BCUT2D eigenvalue weighted by Gasteiger charge is -2.08. The molecule has 25 heavy (non-hydrogen) atoms. The Morgan fingerprint density at radius 3 is 2.24 bits per heavy atom. The Labute approximate surface area is 142 Å². The lowest BCUT2D eigenvalue weighted by molar-refractivity contribution is -0.115. The summed E-state index contributed by atoms with van der Waals surface area (Å²) in [4.78, 5) is 45.8. The second-order valence-electron chi connectivity index (χ2n) is 5.06. The topological polar surface area (TPSA) is 139 Å². The number of rotatable bonds is 6. The molecule has 0 unspecified atom stereocenters. The van der Waals surface area contributed by atoms with E-state index in [1.54, 1.807) is 12.1 Å². The lowest BCUT2D eigenvalue weighted by atomic mass is 10.1. The second kappa shape index (κ2) is 7.73. The number of hydrogen-bond donors (Lipinski definition) is 4. The molecule has 0 saturated carbocycles. The van der Waals surface area contributed by atoms with E-state index in [1.807, 2.05) is 0 Å². The Bertz CT molecular complexity index is 848. The van der Waals surface area contributed by atoms with Crippen LogP contribution < -0.4 is 16.4 Å². The van der Waals surface area contributed by atoms with E-state index in [0.717, 1.165) is 0 Å². The number of primary amides is 1. The van der Waals surface area contributed by atoms with E-state index in [0.29, 0.717) is 5.69 Å². The fourth-order valence-corrected chi connectivity index (χ4v) is 2.01. The molecule has 0 bridgehead atoms. The van der Waals surface area contributed by atoms with E-state index < -0.39 is 23.7 Å². The van der Waals surface area contributed by atoms with E-state index in [-0.39, 0.29) is 23.2 Å². The highest BCUT2D eigenvalue weighted by Gasteiger charge is 2.11. The summed E-state index contributed by atoms with van der Waals surface area (Å²) in [6, 6.07) is 11.5. The Kier molecular flexibility index (Phi) is 5.47. The summed E-state index contributed by atoms with van der Waals surface area (Å²) in [5.41, 5.74) is 5.87. The van der Waals surface area contributed by atoms with Gasteiger partial charge in [-0.1, -0.05) is 12.1 Å². The maximum Gasteiger partial charge on any atom is 0.335 e. The highest BCUT2D eigenvalue weighted by molar-refractivity contribution is 6.01. The zero-order chi connectivity index (χ0) is 18.4. The number of carbonyl (C=O) groups excluding carboxylic acids is 3. The van der Waals surface area contributed by atoms with Crippen molar-refractivity contribution >= 4 is 29.4 Å². The predicted molar refractivity (Wildman–Crippen MR) is 89.3 cm³/mol. The number of anilines is 1. The van der Waals surface area contributed by atoms with Crippen LogP contribution in [0.1, 0.15) is 31.1 Å². The molecule has 0 heterocycles. The number of carboxylic acid groups (broad SMARTS) is 1. The molecule has 0 aromatic heterocycles. The van der Waals surface area contributed by atoms with Crippen molar-refractivity contribution < 1.29 is 24.3 Å². The van der Waals surface area contributed by atoms with Gasteiger partial charge in [-0.2, -0.15) is 0 Å². The molecule has 0 aliphatic rings. The molecule has 0 spiro atoms. The highest BCUT2D eigenvalue weighted by atomic mass is 16.4. The number of carboxylic acids is 1. The van der Waals surface area contributed by atoms with Crippen molar-refractivity contribution in [1.82, 2.24) is 5.32 Å². The molecule has 2 aromatic carbocycles. The van der Waals surface area contributed by atoms with Crippen LogP contribution in [0, 0.1) is 0 Å². The van der Waals surface area contributed by atoms with E-state index in [4.69, 9.17) is 10.8 Å². The number of hydrogen-bond acceptors (Lipinski definition) is 4. The molecule has 5 N–H and O–H groups in total. The number of aromatic carboxylic acids is 1. The summed E-state index contributed by atoms with van der Waals surface area (Å²) in [5.74, 6) is -2.86. The van der Waals surface area contributed by atoms with Crippen LogP contribution >= 0.6 is 0 Å². The SMILES string of the molecule is NC(=O)c1cccc(NC(=O)CNC(=O)c2cccc(C(=O)O)c2)c1. The molecule has 0 atom stereocenters. The van der Waals surface area contributed by atoms with Crippen LogP contribution in [0.5, 0.6) is 0 Å². The number of benzene rings is 2. The van der Waals surface area contributed by atoms with Crippen molar-refractivity contribution in [2.45, 2.75) is 0 Å². The van der Waals surface area contributed by atoms with Crippen molar-refractivity contribution in [3.05, 3.63) is 65.2 Å². The van der Waals surface area contributed by atoms with Crippen molar-refractivity contribution in [3.63, 3.8) is 0 Å². The van der Waals surface area contributed by atoms with E-state index in [1.165, 1.54) is 36.4 Å². The number of amides is 3. The summed E-state index contributed by atoms with van der Waals surface area (Å²) in [5, 5.41) is 13.8. The van der Waals surface area contributed by atoms with Crippen LogP contribution in [0.25, 0.3) is 0 Å². The van der Waals surface area contributed by atoms with Gasteiger partial charge in [-0.05, 0) is 36.4 Å². The lowest BCUT2D eigenvalue weighted by Crippen LogP contribution is -2.33. The third-order valence-electron chi connectivity index (χ3n) is 3.21. The van der Waals surface area contributed by atoms with Crippen LogP contribution in [0.4, 0.5) is 5.69 Å². The Morgan fingerprint density at radius 2 is 1.56 bits per heavy atom. The molecule has 0 radical (unpaired) electrons. The third kappa shape index (κ3) is 4.90. The summed E-state index contributed by atoms with van der Waals surface area (Å²) in [6.45, 7) is -0.322. The number of carbonyl (C=O) groups is 4. The van der Waals surface area contributed by atoms with E-state index >= 15 is 0 Å². The minimum Gasteiger partial charge on any atom is -0.478 e. The smallest absolute Gasteiger partial charge is 0.335 e. The standard InChI is InChI=1S/C17H15N3O5/c18-15(22)10-3-2-6-13(8-10)20-14(21)9-19-16(23)11-4-1-5-12(7-11)17(24)25/h1-8H,9H2,(H2,18,22)(H,19,23)(H,20,21)(H,24,25). The maximum absolute atomic E-state index is 12.0. The Morgan fingerprint density at radius 1 is 0.920 bits per heavy atom. The first kappa shape index (κ1) is 17.7. The van der Waals surface area contributed by atoms with Crippen molar-refractivity contribution in [2.24, 2.45) is 5.73 Å². The Balaban J connectivity index is 1.94. The van der Waals surface area contributed by atoms with Gasteiger partial charge >= 0.3 is 5.97 Å². The van der Waals surface area contributed by atoms with Gasteiger partial charge in [0.05, 0.1) is 12.1 Å². The molecule has 128 valence electrons. The predicted octanol–water partition coefficient (Wildman–Crippen LogP) is 0.852. The van der Waals surface area contributed by atoms with Gasteiger partial charge in [-0.15, -0.1) is 0 Å². The zero-order valence-electron chi connectivity index (χ0n) is 13.0. The number of nitrogens with one attached hydrogen (secondary N) is 2. The van der Waals surface area contributed by atoms with E-state index in [9.17, 15) is 19.2 Å². The van der Waals surface area contributed by atoms with Gasteiger partial charge in [0.15, 0.2) is 0 Å². The summed E-state index contributed by atoms with van der Waals surface area (Å²) in [7, 11) is 0. The fraction of sp³-hybridized carbons (Fsp3) is 0.0588. The summed E-state index contributed by atoms with van der Waals surface area (Å²) < 4.78 is 0. The normalized spacial score (nSPS) is 9.92. The largest absolute Gasteiger partial charge is 0.478 e. The second-order valence-corrected chi connectivity index (χ2v) is 5.06. The average Bonchev–Trinajstić information content (AvgIpc) is 2.60. The summed E-state index contributed by atoms with van der Waals surface area (Å²) in [6.07, 6.45) is 0. The van der Waals surface area contributed by atoms with Gasteiger partial charge in [-0.3, -0.25) is 14.4 Å². The molecule has 2 aromatic rings. The molecule has 8 nitrogen and oxygen atoms in total. The van der Waals surface area contributed by atoms with Gasteiger partial charge < -0.3 is 21.5 Å². The highest BCUT2D eigenvalue weighted by Crippen LogP contribution is 2.10. The van der Waals surface area contributed by atoms with Crippen LogP contribution in [-0.4, -0.2) is 35.3 Å². The van der Waals surface area contributed by atoms with Crippen LogP contribution in [0.3, 0.4) is 0 Å². The quantitative estimate of drug-likeness (QED) is 0.617. The monoisotopic (exact) mass is 341 g/mol. The molecule has 0 saturated heterocycles. The van der Waals surface area contributed by atoms with Crippen LogP contribution in [0.15, 0.2) is 48.5 Å². The first-order valence-electron chi connectivity index (χ1n) is 7.18. The molecular formula is C17H15N3O5. The molecule has 0 aliphatic carbocycles. The molecule has 2 rings (SSSR count). The third-order valence-corrected chi connectivity index (χ3v) is 3.21. The zero-order valence-corrected chi connectivity index (χ0v) is 13.0. The van der Waals surface area contributed by atoms with Crippen molar-refractivity contribution in [2.75, 3.05) is 11.9 Å². The van der Waals surface area contributed by atoms with E-state index in [2.05, 4.69) is 10.6 Å². The van der Waals surface area contributed by atoms with Crippen molar-refractivity contribution in [1.29, 1.82) is 0 Å². The molecule has 0 aliphatic heterocycles. The minimum absolute atomic E-state index is 0.0274. The first-order chi connectivity index (χ1) is 11.9. The Hall–Kier alpha value is -3.68. The van der Waals surface area contributed by atoms with Gasteiger partial charge in [-0.25, -0.2) is 4.79 Å².